The van der Waals surface area contributed by atoms with Crippen molar-refractivity contribution in [3.63, 3.8) is 0 Å². The number of hydrogen-bond donors (Lipinski definition) is 1. The smallest absolute Gasteiger partial charge is 0.0675 e. The van der Waals surface area contributed by atoms with Crippen LogP contribution in [0.15, 0.2) is 24.3 Å². The summed E-state index contributed by atoms with van der Waals surface area (Å²) in [5, 5.41) is 0.788. The first-order valence-electron chi connectivity index (χ1n) is 6.88. The summed E-state index contributed by atoms with van der Waals surface area (Å²) in [5.74, 6) is 0. The molecule has 0 aliphatic carbocycles. The van der Waals surface area contributed by atoms with E-state index in [1.54, 1.807) is 0 Å². The minimum atomic E-state index is 0.0210. The fourth-order valence-electron chi connectivity index (χ4n) is 2.80. The van der Waals surface area contributed by atoms with Gasteiger partial charge in [-0.1, -0.05) is 29.8 Å². The van der Waals surface area contributed by atoms with Gasteiger partial charge in [0, 0.05) is 23.7 Å². The summed E-state index contributed by atoms with van der Waals surface area (Å²) in [7, 11) is 0. The van der Waals surface area contributed by atoms with Crippen molar-refractivity contribution in [1.82, 2.24) is 4.90 Å². The molecule has 0 aromatic heterocycles. The second-order valence-electron chi connectivity index (χ2n) is 5.52. The van der Waals surface area contributed by atoms with Crippen molar-refractivity contribution in [2.75, 3.05) is 13.2 Å². The van der Waals surface area contributed by atoms with Crippen molar-refractivity contribution < 1.29 is 4.74 Å². The van der Waals surface area contributed by atoms with Gasteiger partial charge < -0.3 is 10.5 Å². The molecule has 0 saturated carbocycles. The molecular formula is C15H23ClN2O. The lowest BCUT2D eigenvalue weighted by Gasteiger charge is -2.43. The van der Waals surface area contributed by atoms with Crippen LogP contribution in [0.25, 0.3) is 0 Å². The highest BCUT2D eigenvalue weighted by Gasteiger charge is 2.33. The van der Waals surface area contributed by atoms with Crippen molar-refractivity contribution in [2.24, 2.45) is 5.73 Å². The predicted molar refractivity (Wildman–Crippen MR) is 79.4 cm³/mol. The molecule has 4 unspecified atom stereocenters. The van der Waals surface area contributed by atoms with E-state index in [0.717, 1.165) is 23.7 Å². The van der Waals surface area contributed by atoms with Crippen LogP contribution in [0.5, 0.6) is 0 Å². The zero-order chi connectivity index (χ0) is 14.0. The van der Waals surface area contributed by atoms with Gasteiger partial charge in [0.1, 0.15) is 0 Å². The van der Waals surface area contributed by atoms with Crippen LogP contribution in [0.1, 0.15) is 32.4 Å². The van der Waals surface area contributed by atoms with E-state index < -0.39 is 0 Å². The van der Waals surface area contributed by atoms with Gasteiger partial charge in [0.25, 0.3) is 0 Å². The summed E-state index contributed by atoms with van der Waals surface area (Å²) in [5.41, 5.74) is 7.35. The molecule has 1 aliphatic heterocycles. The highest BCUT2D eigenvalue weighted by Crippen LogP contribution is 2.32. The molecule has 4 heteroatoms. The van der Waals surface area contributed by atoms with Gasteiger partial charge in [-0.15, -0.1) is 0 Å². The molecule has 0 spiro atoms. The minimum Gasteiger partial charge on any atom is -0.376 e. The molecule has 3 nitrogen and oxygen atoms in total. The Bertz CT molecular complexity index is 424. The van der Waals surface area contributed by atoms with Crippen LogP contribution in [-0.2, 0) is 4.74 Å². The van der Waals surface area contributed by atoms with Gasteiger partial charge in [0.05, 0.1) is 18.8 Å². The number of halogens is 1. The van der Waals surface area contributed by atoms with E-state index in [1.807, 2.05) is 25.1 Å². The topological polar surface area (TPSA) is 38.5 Å². The van der Waals surface area contributed by atoms with Crippen molar-refractivity contribution in [3.05, 3.63) is 34.9 Å². The molecule has 1 aromatic rings. The molecule has 2 rings (SSSR count). The molecule has 1 saturated heterocycles. The molecule has 0 bridgehead atoms. The molecule has 4 atom stereocenters. The number of rotatable bonds is 3. The van der Waals surface area contributed by atoms with E-state index in [1.165, 1.54) is 0 Å². The quantitative estimate of drug-likeness (QED) is 0.926. The number of benzene rings is 1. The molecule has 0 amide bonds. The predicted octanol–water partition coefficient (Wildman–Crippen LogP) is 2.84. The maximum atomic E-state index is 6.35. The first-order valence-corrected chi connectivity index (χ1v) is 7.26. The van der Waals surface area contributed by atoms with E-state index in [4.69, 9.17) is 22.1 Å². The van der Waals surface area contributed by atoms with E-state index in [-0.39, 0.29) is 18.2 Å². The van der Waals surface area contributed by atoms with E-state index in [2.05, 4.69) is 24.8 Å². The van der Waals surface area contributed by atoms with Crippen LogP contribution in [0.3, 0.4) is 0 Å². The highest BCUT2D eigenvalue weighted by molar-refractivity contribution is 6.31. The second kappa shape index (κ2) is 6.23. The third-order valence-corrected chi connectivity index (χ3v) is 4.08. The Hall–Kier alpha value is -0.610. The first-order chi connectivity index (χ1) is 9.00. The standard InChI is InChI=1S/C15H23ClN2O/c1-10-9-19-11(2)8-18(10)15(12(3)17)13-6-4-5-7-14(13)16/h4-7,10-12,15H,8-9,17H2,1-3H3. The molecule has 2 N–H and O–H groups in total. The summed E-state index contributed by atoms with van der Waals surface area (Å²) in [6.07, 6.45) is 0.236. The largest absolute Gasteiger partial charge is 0.376 e. The van der Waals surface area contributed by atoms with Crippen molar-refractivity contribution in [3.8, 4) is 0 Å². The van der Waals surface area contributed by atoms with Crippen LogP contribution in [0.4, 0.5) is 0 Å². The van der Waals surface area contributed by atoms with Gasteiger partial charge in [0.2, 0.25) is 0 Å². The third-order valence-electron chi connectivity index (χ3n) is 3.74. The Morgan fingerprint density at radius 2 is 2.05 bits per heavy atom. The van der Waals surface area contributed by atoms with Gasteiger partial charge in [0.15, 0.2) is 0 Å². The zero-order valence-corrected chi connectivity index (χ0v) is 12.6. The Kier molecular flexibility index (Phi) is 4.85. The molecule has 106 valence electrons. The summed E-state index contributed by atoms with van der Waals surface area (Å²) < 4.78 is 5.70. The lowest BCUT2D eigenvalue weighted by Crippen LogP contribution is -2.52. The van der Waals surface area contributed by atoms with Crippen LogP contribution in [0.2, 0.25) is 5.02 Å². The third kappa shape index (κ3) is 3.29. The lowest BCUT2D eigenvalue weighted by molar-refractivity contribution is -0.0697. The van der Waals surface area contributed by atoms with Crippen LogP contribution < -0.4 is 5.73 Å². The Balaban J connectivity index is 2.32. The van der Waals surface area contributed by atoms with Gasteiger partial charge in [-0.05, 0) is 32.4 Å². The molecule has 1 aromatic carbocycles. The molecule has 0 radical (unpaired) electrons. The fourth-order valence-corrected chi connectivity index (χ4v) is 3.04. The first kappa shape index (κ1) is 14.8. The number of nitrogens with zero attached hydrogens (tertiary/aromatic N) is 1. The fraction of sp³-hybridized carbons (Fsp3) is 0.600. The second-order valence-corrected chi connectivity index (χ2v) is 5.92. The van der Waals surface area contributed by atoms with Crippen LogP contribution in [0, 0.1) is 0 Å². The SMILES string of the molecule is CC1CN(C(c2ccccc2Cl)C(C)N)C(C)CO1. The monoisotopic (exact) mass is 282 g/mol. The normalized spacial score (nSPS) is 28.1. The van der Waals surface area contributed by atoms with E-state index in [9.17, 15) is 0 Å². The Morgan fingerprint density at radius 1 is 1.37 bits per heavy atom. The van der Waals surface area contributed by atoms with Crippen molar-refractivity contribution >= 4 is 11.6 Å². The lowest BCUT2D eigenvalue weighted by atomic mass is 9.96. The Morgan fingerprint density at radius 3 is 2.68 bits per heavy atom. The molecule has 1 fully saturated rings. The van der Waals surface area contributed by atoms with Crippen LogP contribution >= 0.6 is 11.6 Å². The Labute approximate surface area is 120 Å². The van der Waals surface area contributed by atoms with Crippen LogP contribution in [-0.4, -0.2) is 36.2 Å². The van der Waals surface area contributed by atoms with Crippen molar-refractivity contribution in [2.45, 2.75) is 45.0 Å². The summed E-state index contributed by atoms with van der Waals surface area (Å²) in [6.45, 7) is 7.95. The molecule has 1 aliphatic rings. The van der Waals surface area contributed by atoms with E-state index >= 15 is 0 Å². The highest BCUT2D eigenvalue weighted by atomic mass is 35.5. The average Bonchev–Trinajstić information content (AvgIpc) is 2.36. The minimum absolute atomic E-state index is 0.0210. The zero-order valence-electron chi connectivity index (χ0n) is 11.8. The maximum absolute atomic E-state index is 6.35. The number of nitrogens with two attached hydrogens (primary N) is 1. The van der Waals surface area contributed by atoms with Crippen molar-refractivity contribution in [1.29, 1.82) is 0 Å². The molecule has 1 heterocycles. The van der Waals surface area contributed by atoms with Gasteiger partial charge in [-0.3, -0.25) is 4.90 Å². The summed E-state index contributed by atoms with van der Waals surface area (Å²) in [4.78, 5) is 2.42. The molecule has 19 heavy (non-hydrogen) atoms. The summed E-state index contributed by atoms with van der Waals surface area (Å²) >= 11 is 6.35. The molecular weight excluding hydrogens is 260 g/mol. The maximum Gasteiger partial charge on any atom is 0.0675 e. The number of morpholine rings is 1. The van der Waals surface area contributed by atoms with Gasteiger partial charge in [-0.25, -0.2) is 0 Å². The van der Waals surface area contributed by atoms with Gasteiger partial charge in [-0.2, -0.15) is 0 Å². The average molecular weight is 283 g/mol. The summed E-state index contributed by atoms with van der Waals surface area (Å²) in [6, 6.07) is 8.48. The number of hydrogen-bond acceptors (Lipinski definition) is 3. The van der Waals surface area contributed by atoms with Gasteiger partial charge >= 0.3 is 0 Å². The van der Waals surface area contributed by atoms with E-state index in [0.29, 0.717) is 6.04 Å². The number of ether oxygens (including phenoxy) is 1.